The Bertz CT molecular complexity index is 543. The van der Waals surface area contributed by atoms with Crippen molar-refractivity contribution in [2.75, 3.05) is 6.61 Å². The van der Waals surface area contributed by atoms with Crippen LogP contribution in [0.2, 0.25) is 10.0 Å². The highest BCUT2D eigenvalue weighted by atomic mass is 35.5. The molecule has 1 fully saturated rings. The number of hydrogen-bond donors (Lipinski definition) is 0. The van der Waals surface area contributed by atoms with E-state index >= 15 is 0 Å². The Labute approximate surface area is 126 Å². The normalized spacial score (nSPS) is 14.7. The Balaban J connectivity index is 2.03. The van der Waals surface area contributed by atoms with Crippen LogP contribution >= 0.6 is 23.2 Å². The maximum atomic E-state index is 11.8. The van der Waals surface area contributed by atoms with E-state index in [4.69, 9.17) is 27.9 Å². The first-order chi connectivity index (χ1) is 9.49. The van der Waals surface area contributed by atoms with E-state index < -0.39 is 16.6 Å². The molecule has 1 saturated carbocycles. The van der Waals surface area contributed by atoms with Gasteiger partial charge in [-0.2, -0.15) is 0 Å². The summed E-state index contributed by atoms with van der Waals surface area (Å²) in [6.07, 6.45) is 4.42. The molecule has 0 aromatic heterocycles. The quantitative estimate of drug-likeness (QED) is 0.462. The van der Waals surface area contributed by atoms with Crippen LogP contribution in [0.15, 0.2) is 12.1 Å². The van der Waals surface area contributed by atoms with Crippen molar-refractivity contribution in [3.8, 4) is 0 Å². The minimum atomic E-state index is -0.681. The van der Waals surface area contributed by atoms with Gasteiger partial charge in [-0.1, -0.05) is 42.5 Å². The van der Waals surface area contributed by atoms with E-state index in [0.717, 1.165) is 12.5 Å². The Morgan fingerprint density at radius 3 is 2.65 bits per heavy atom. The molecule has 7 heteroatoms. The number of rotatable bonds is 5. The molecule has 0 unspecified atom stereocenters. The van der Waals surface area contributed by atoms with Gasteiger partial charge in [0.15, 0.2) is 0 Å². The zero-order valence-corrected chi connectivity index (χ0v) is 12.1. The summed E-state index contributed by atoms with van der Waals surface area (Å²) in [4.78, 5) is 22.0. The Hall–Kier alpha value is -1.33. The van der Waals surface area contributed by atoms with Gasteiger partial charge in [0.2, 0.25) is 0 Å². The minimum Gasteiger partial charge on any atom is -0.462 e. The van der Waals surface area contributed by atoms with Crippen LogP contribution in [0.3, 0.4) is 0 Å². The number of benzene rings is 1. The fourth-order valence-corrected chi connectivity index (χ4v) is 2.40. The number of carbonyl (C=O) groups is 1. The van der Waals surface area contributed by atoms with Crippen molar-refractivity contribution in [3.63, 3.8) is 0 Å². The second-order valence-corrected chi connectivity index (χ2v) is 5.55. The zero-order valence-electron chi connectivity index (χ0n) is 10.6. The van der Waals surface area contributed by atoms with E-state index in [2.05, 4.69) is 0 Å². The van der Waals surface area contributed by atoms with Gasteiger partial charge in [0, 0.05) is 6.07 Å². The van der Waals surface area contributed by atoms with E-state index in [1.54, 1.807) is 0 Å². The maximum Gasteiger partial charge on any atom is 0.338 e. The Morgan fingerprint density at radius 1 is 1.40 bits per heavy atom. The molecule has 1 aliphatic carbocycles. The Kier molecular flexibility index (Phi) is 4.83. The first kappa shape index (κ1) is 15.1. The first-order valence-corrected chi connectivity index (χ1v) is 7.05. The monoisotopic (exact) mass is 317 g/mol. The topological polar surface area (TPSA) is 69.4 Å². The SMILES string of the molecule is O=C(OCCC1CCC1)c1cc(Cl)c(Cl)c([N+](=O)[O-])c1. The number of nitro groups is 1. The van der Waals surface area contributed by atoms with E-state index in [-0.39, 0.29) is 15.6 Å². The summed E-state index contributed by atoms with van der Waals surface area (Å²) >= 11 is 11.5. The van der Waals surface area contributed by atoms with Crippen molar-refractivity contribution in [1.29, 1.82) is 0 Å². The molecule has 1 aromatic rings. The second kappa shape index (κ2) is 6.41. The molecule has 0 spiro atoms. The average molecular weight is 318 g/mol. The molecular formula is C13H13Cl2NO4. The number of halogens is 2. The molecule has 1 aromatic carbocycles. The van der Waals surface area contributed by atoms with E-state index in [1.807, 2.05) is 0 Å². The Morgan fingerprint density at radius 2 is 2.10 bits per heavy atom. The molecule has 0 atom stereocenters. The predicted molar refractivity (Wildman–Crippen MR) is 75.4 cm³/mol. The standard InChI is InChI=1S/C13H13Cl2NO4/c14-10-6-9(7-11(12(10)15)16(18)19)13(17)20-5-4-8-2-1-3-8/h6-8H,1-5H2. The molecule has 0 radical (unpaired) electrons. The molecule has 0 saturated heterocycles. The molecule has 0 bridgehead atoms. The minimum absolute atomic E-state index is 0.0354. The summed E-state index contributed by atoms with van der Waals surface area (Å²) in [5.41, 5.74) is -0.357. The summed E-state index contributed by atoms with van der Waals surface area (Å²) in [6.45, 7) is 0.317. The summed E-state index contributed by atoms with van der Waals surface area (Å²) in [5.74, 6) is 0.0110. The van der Waals surface area contributed by atoms with Gasteiger partial charge in [0.05, 0.1) is 22.1 Å². The van der Waals surface area contributed by atoms with Crippen molar-refractivity contribution >= 4 is 34.9 Å². The predicted octanol–water partition coefficient (Wildman–Crippen LogP) is 4.25. The molecule has 5 nitrogen and oxygen atoms in total. The third-order valence-corrected chi connectivity index (χ3v) is 4.22. The van der Waals surface area contributed by atoms with Gasteiger partial charge in [-0.05, 0) is 18.4 Å². The van der Waals surface area contributed by atoms with Crippen LogP contribution in [0.4, 0.5) is 5.69 Å². The van der Waals surface area contributed by atoms with Gasteiger partial charge < -0.3 is 4.74 Å². The molecule has 108 valence electrons. The number of hydrogen-bond acceptors (Lipinski definition) is 4. The summed E-state index contributed by atoms with van der Waals surface area (Å²) in [6, 6.07) is 2.36. The van der Waals surface area contributed by atoms with Crippen molar-refractivity contribution in [1.82, 2.24) is 0 Å². The number of carbonyl (C=O) groups excluding carboxylic acids is 1. The number of ether oxygens (including phenoxy) is 1. The van der Waals surface area contributed by atoms with Crippen LogP contribution in [-0.4, -0.2) is 17.5 Å². The van der Waals surface area contributed by atoms with Gasteiger partial charge in [-0.25, -0.2) is 4.79 Å². The molecule has 0 heterocycles. The molecule has 0 aliphatic heterocycles. The van der Waals surface area contributed by atoms with Crippen molar-refractivity contribution in [3.05, 3.63) is 37.9 Å². The highest BCUT2D eigenvalue weighted by Gasteiger charge is 2.22. The third-order valence-electron chi connectivity index (χ3n) is 3.43. The van der Waals surface area contributed by atoms with Gasteiger partial charge in [0.25, 0.3) is 5.69 Å². The molecule has 0 N–H and O–H groups in total. The number of nitrogens with zero attached hydrogens (tertiary/aromatic N) is 1. The summed E-state index contributed by atoms with van der Waals surface area (Å²) in [7, 11) is 0. The van der Waals surface area contributed by atoms with Crippen LogP contribution < -0.4 is 0 Å². The average Bonchev–Trinajstić information content (AvgIpc) is 2.34. The van der Waals surface area contributed by atoms with E-state index in [0.29, 0.717) is 12.5 Å². The molecular weight excluding hydrogens is 305 g/mol. The van der Waals surface area contributed by atoms with Gasteiger partial charge in [-0.3, -0.25) is 10.1 Å². The van der Waals surface area contributed by atoms with Crippen LogP contribution in [0.1, 0.15) is 36.0 Å². The molecule has 20 heavy (non-hydrogen) atoms. The zero-order chi connectivity index (χ0) is 14.7. The second-order valence-electron chi connectivity index (χ2n) is 4.77. The fraction of sp³-hybridized carbons (Fsp3) is 0.462. The lowest BCUT2D eigenvalue weighted by Crippen LogP contribution is -2.15. The molecule has 1 aliphatic rings. The van der Waals surface area contributed by atoms with E-state index in [1.165, 1.54) is 25.3 Å². The van der Waals surface area contributed by atoms with Crippen LogP contribution in [-0.2, 0) is 4.74 Å². The van der Waals surface area contributed by atoms with Gasteiger partial charge >= 0.3 is 5.97 Å². The number of nitro benzene ring substituents is 1. The van der Waals surface area contributed by atoms with Crippen molar-refractivity contribution < 1.29 is 14.5 Å². The van der Waals surface area contributed by atoms with Crippen molar-refractivity contribution in [2.45, 2.75) is 25.7 Å². The lowest BCUT2D eigenvalue weighted by Gasteiger charge is -2.24. The van der Waals surface area contributed by atoms with Crippen LogP contribution in [0.25, 0.3) is 0 Å². The smallest absolute Gasteiger partial charge is 0.338 e. The molecule has 0 amide bonds. The first-order valence-electron chi connectivity index (χ1n) is 6.29. The summed E-state index contributed by atoms with van der Waals surface area (Å²) < 4.78 is 5.10. The third kappa shape index (κ3) is 3.41. The largest absolute Gasteiger partial charge is 0.462 e. The van der Waals surface area contributed by atoms with Crippen molar-refractivity contribution in [2.24, 2.45) is 5.92 Å². The van der Waals surface area contributed by atoms with Crippen LogP contribution in [0, 0.1) is 16.0 Å². The van der Waals surface area contributed by atoms with E-state index in [9.17, 15) is 14.9 Å². The fourth-order valence-electron chi connectivity index (χ4n) is 2.01. The lowest BCUT2D eigenvalue weighted by molar-refractivity contribution is -0.384. The van der Waals surface area contributed by atoms with Crippen LogP contribution in [0.5, 0.6) is 0 Å². The highest BCUT2D eigenvalue weighted by molar-refractivity contribution is 6.43. The highest BCUT2D eigenvalue weighted by Crippen LogP contribution is 2.33. The maximum absolute atomic E-state index is 11.8. The number of esters is 1. The lowest BCUT2D eigenvalue weighted by atomic mass is 9.83. The van der Waals surface area contributed by atoms with Gasteiger partial charge in [0.1, 0.15) is 5.02 Å². The summed E-state index contributed by atoms with van der Waals surface area (Å²) in [5, 5.41) is 10.6. The van der Waals surface area contributed by atoms with Gasteiger partial charge in [-0.15, -0.1) is 0 Å². The molecule has 2 rings (SSSR count).